The van der Waals surface area contributed by atoms with Gasteiger partial charge in [-0.25, -0.2) is 14.5 Å². The molecular weight excluding hydrogens is 733 g/mol. The smallest absolute Gasteiger partial charge is 0.410 e. The summed E-state index contributed by atoms with van der Waals surface area (Å²) in [6.45, 7) is 17.8. The summed E-state index contributed by atoms with van der Waals surface area (Å²) < 4.78 is 13.1. The number of anilines is 1. The number of hydrogen-bond donors (Lipinski definition) is 3. The van der Waals surface area contributed by atoms with Crippen molar-refractivity contribution in [3.8, 4) is 11.1 Å². The fourth-order valence-corrected chi connectivity index (χ4v) is 7.81. The second kappa shape index (κ2) is 19.6. The van der Waals surface area contributed by atoms with E-state index in [1.807, 2.05) is 48.7 Å². The van der Waals surface area contributed by atoms with Crippen LogP contribution in [0.5, 0.6) is 0 Å². The number of piperazine rings is 1. The highest BCUT2D eigenvalue weighted by Gasteiger charge is 2.31. The first-order valence-corrected chi connectivity index (χ1v) is 21.1. The number of pyridine rings is 1. The van der Waals surface area contributed by atoms with Crippen molar-refractivity contribution in [2.75, 3.05) is 38.2 Å². The molecule has 3 N–H and O–H groups in total. The van der Waals surface area contributed by atoms with Gasteiger partial charge < -0.3 is 30.3 Å². The van der Waals surface area contributed by atoms with Gasteiger partial charge in [0.15, 0.2) is 5.65 Å². The molecule has 312 valence electrons. The number of nitrogens with zero attached hydrogens (tertiary/aromatic N) is 5. The third-order valence-corrected chi connectivity index (χ3v) is 10.9. The van der Waals surface area contributed by atoms with Gasteiger partial charge in [0.25, 0.3) is 0 Å². The monoisotopic (exact) mass is 794 g/mol. The van der Waals surface area contributed by atoms with Crippen LogP contribution >= 0.6 is 0 Å². The highest BCUT2D eigenvalue weighted by molar-refractivity contribution is 5.92. The second-order valence-corrected chi connectivity index (χ2v) is 16.6. The maximum Gasteiger partial charge on any atom is 0.410 e. The largest absolute Gasteiger partial charge is 0.444 e. The lowest BCUT2D eigenvalue weighted by Gasteiger charge is -2.40. The number of aryl methyl sites for hydroxylation is 2. The van der Waals surface area contributed by atoms with Crippen LogP contribution in [0.2, 0.25) is 0 Å². The number of hydrogen-bond acceptors (Lipinski definition) is 9. The molecule has 0 saturated carbocycles. The molecule has 13 nitrogen and oxygen atoms in total. The predicted octanol–water partition coefficient (Wildman–Crippen LogP) is 6.82. The average Bonchev–Trinajstić information content (AvgIpc) is 3.62. The van der Waals surface area contributed by atoms with Crippen molar-refractivity contribution >= 4 is 34.6 Å². The van der Waals surface area contributed by atoms with Gasteiger partial charge in [0.1, 0.15) is 5.60 Å². The topological polar surface area (TPSA) is 143 Å². The van der Waals surface area contributed by atoms with Crippen LogP contribution in [0, 0.1) is 0 Å². The zero-order chi connectivity index (χ0) is 41.2. The summed E-state index contributed by atoms with van der Waals surface area (Å²) in [6, 6.07) is 17.1. The fraction of sp³-hybridized carbons (Fsp3) is 0.533. The lowest BCUT2D eigenvalue weighted by atomic mass is 10.0. The van der Waals surface area contributed by atoms with Gasteiger partial charge in [0.2, 0.25) is 11.8 Å². The molecule has 0 spiro atoms. The quantitative estimate of drug-likeness (QED) is 0.118. The zero-order valence-electron chi connectivity index (χ0n) is 35.2. The number of carbonyl (C=O) groups excluding carboxylic acids is 3. The number of rotatable bonds is 15. The minimum absolute atomic E-state index is 0.0604. The van der Waals surface area contributed by atoms with Crippen LogP contribution in [0.1, 0.15) is 96.0 Å². The van der Waals surface area contributed by atoms with Crippen LogP contribution in [0.3, 0.4) is 0 Å². The number of nitrogens with one attached hydrogen (secondary N) is 3. The highest BCUT2D eigenvalue weighted by atomic mass is 16.6. The molecule has 1 unspecified atom stereocenters. The Morgan fingerprint density at radius 1 is 0.914 bits per heavy atom. The van der Waals surface area contributed by atoms with Gasteiger partial charge in [-0.05, 0) is 94.7 Å². The van der Waals surface area contributed by atoms with Crippen LogP contribution in [-0.2, 0) is 51.7 Å². The number of carbonyl (C=O) groups is 3. The molecular formula is C45H62N8O5. The molecule has 1 atom stereocenters. The van der Waals surface area contributed by atoms with E-state index < -0.39 is 5.60 Å². The summed E-state index contributed by atoms with van der Waals surface area (Å²) in [4.78, 5) is 47.8. The van der Waals surface area contributed by atoms with E-state index in [0.717, 1.165) is 103 Å². The van der Waals surface area contributed by atoms with E-state index >= 15 is 0 Å². The summed E-state index contributed by atoms with van der Waals surface area (Å²) in [5, 5.41) is 15.4. The summed E-state index contributed by atoms with van der Waals surface area (Å²) in [7, 11) is 0. The molecule has 0 radical (unpaired) electrons. The van der Waals surface area contributed by atoms with E-state index in [2.05, 4.69) is 83.1 Å². The SMILES string of the molecule is CCc1nc2c(cnn2CC)c(NC2CCOCC2)c1CNC(=O)CCCC(=O)NCc1cccc(-c2cccc(CN3CCN(C(=O)OC(C)(C)C)C(C)C3)c2)c1. The molecule has 3 amide bonds. The number of ether oxygens (including phenoxy) is 2. The lowest BCUT2D eigenvalue weighted by molar-refractivity contribution is -0.122. The molecule has 0 bridgehead atoms. The van der Waals surface area contributed by atoms with E-state index in [9.17, 15) is 14.4 Å². The lowest BCUT2D eigenvalue weighted by Crippen LogP contribution is -2.54. The number of aromatic nitrogens is 3. The summed E-state index contributed by atoms with van der Waals surface area (Å²) >= 11 is 0. The third kappa shape index (κ3) is 11.3. The normalized spacial score (nSPS) is 16.7. The molecule has 4 aromatic rings. The van der Waals surface area contributed by atoms with Crippen LogP contribution in [0.25, 0.3) is 22.2 Å². The first-order chi connectivity index (χ1) is 27.9. The van der Waals surface area contributed by atoms with Crippen molar-refractivity contribution in [2.45, 2.75) is 124 Å². The molecule has 2 aliphatic heterocycles. The van der Waals surface area contributed by atoms with Crippen LogP contribution < -0.4 is 16.0 Å². The minimum Gasteiger partial charge on any atom is -0.444 e. The van der Waals surface area contributed by atoms with Gasteiger partial charge in [-0.15, -0.1) is 0 Å². The van der Waals surface area contributed by atoms with Gasteiger partial charge in [0, 0.05) is 95.2 Å². The average molecular weight is 795 g/mol. The molecule has 58 heavy (non-hydrogen) atoms. The van der Waals surface area contributed by atoms with Gasteiger partial charge in [-0.2, -0.15) is 5.10 Å². The Kier molecular flexibility index (Phi) is 14.4. The van der Waals surface area contributed by atoms with Gasteiger partial charge in [-0.3, -0.25) is 14.5 Å². The highest BCUT2D eigenvalue weighted by Crippen LogP contribution is 2.31. The van der Waals surface area contributed by atoms with Crippen molar-refractivity contribution in [3.63, 3.8) is 0 Å². The zero-order valence-corrected chi connectivity index (χ0v) is 35.2. The molecule has 2 aromatic heterocycles. The fourth-order valence-electron chi connectivity index (χ4n) is 7.81. The maximum atomic E-state index is 13.1. The van der Waals surface area contributed by atoms with Crippen molar-refractivity contribution in [1.82, 2.24) is 35.2 Å². The van der Waals surface area contributed by atoms with Crippen LogP contribution in [0.4, 0.5) is 10.5 Å². The second-order valence-electron chi connectivity index (χ2n) is 16.6. The molecule has 0 aliphatic carbocycles. The predicted molar refractivity (Wildman–Crippen MR) is 227 cm³/mol. The Balaban J connectivity index is 0.969. The maximum absolute atomic E-state index is 13.1. The molecule has 2 saturated heterocycles. The van der Waals surface area contributed by atoms with Gasteiger partial charge >= 0.3 is 6.09 Å². The molecule has 13 heteroatoms. The standard InChI is InChI=1S/C45H62N8O5/c1-7-39-37(42(49-36-18-22-57-23-19-36)38-28-48-53(8-2)43(38)50-39)27-47-41(55)17-11-16-40(54)46-26-32-12-9-14-34(24-32)35-15-10-13-33(25-35)30-51-20-21-52(31(3)29-51)44(56)58-45(4,5)6/h9-10,12-15,24-25,28,31,36H,7-8,11,16-23,26-27,29-30H2,1-6H3,(H,46,54)(H,47,55)(H,49,50). The van der Waals surface area contributed by atoms with E-state index in [0.29, 0.717) is 26.1 Å². The first kappa shape index (κ1) is 42.6. The first-order valence-electron chi connectivity index (χ1n) is 21.1. The molecule has 4 heterocycles. The Morgan fingerprint density at radius 2 is 1.59 bits per heavy atom. The van der Waals surface area contributed by atoms with Gasteiger partial charge in [-0.1, -0.05) is 43.3 Å². The Bertz CT molecular complexity index is 2030. The summed E-state index contributed by atoms with van der Waals surface area (Å²) in [5.74, 6) is -0.177. The van der Waals surface area contributed by atoms with Crippen molar-refractivity contribution in [1.29, 1.82) is 0 Å². The molecule has 2 fully saturated rings. The van der Waals surface area contributed by atoms with E-state index in [-0.39, 0.29) is 42.8 Å². The Labute approximate surface area is 343 Å². The van der Waals surface area contributed by atoms with Gasteiger partial charge in [0.05, 0.1) is 17.3 Å². The third-order valence-electron chi connectivity index (χ3n) is 10.9. The number of fused-ring (bicyclic) bond motifs is 1. The van der Waals surface area contributed by atoms with E-state index in [1.54, 1.807) is 0 Å². The molecule has 2 aliphatic rings. The summed E-state index contributed by atoms with van der Waals surface area (Å²) in [6.07, 6.45) is 5.15. The van der Waals surface area contributed by atoms with E-state index in [1.165, 1.54) is 5.56 Å². The Morgan fingerprint density at radius 3 is 2.24 bits per heavy atom. The van der Waals surface area contributed by atoms with Crippen molar-refractivity contribution < 1.29 is 23.9 Å². The number of benzene rings is 2. The Hall–Kier alpha value is -5.01. The molecule has 6 rings (SSSR count). The van der Waals surface area contributed by atoms with Crippen LogP contribution in [-0.4, -0.2) is 93.0 Å². The van der Waals surface area contributed by atoms with Crippen LogP contribution in [0.15, 0.2) is 54.7 Å². The summed E-state index contributed by atoms with van der Waals surface area (Å²) in [5.41, 5.74) is 7.67. The van der Waals surface area contributed by atoms with Crippen molar-refractivity contribution in [2.24, 2.45) is 0 Å². The minimum atomic E-state index is -0.512. The van der Waals surface area contributed by atoms with Crippen molar-refractivity contribution in [3.05, 3.63) is 77.1 Å². The molecule has 2 aromatic carbocycles. The van der Waals surface area contributed by atoms with E-state index in [4.69, 9.17) is 14.5 Å². The number of amides is 3.